The second-order valence-corrected chi connectivity index (χ2v) is 9.97. The van der Waals surface area contributed by atoms with Gasteiger partial charge in [-0.2, -0.15) is 0 Å². The molecule has 0 saturated heterocycles. The summed E-state index contributed by atoms with van der Waals surface area (Å²) >= 11 is 0. The van der Waals surface area contributed by atoms with Crippen LogP contribution in [0.2, 0.25) is 0 Å². The average Bonchev–Trinajstić information content (AvgIpc) is 2.96. The van der Waals surface area contributed by atoms with Crippen LogP contribution in [-0.2, 0) is 4.74 Å². The zero-order valence-electron chi connectivity index (χ0n) is 23.4. The molecule has 0 fully saturated rings. The van der Waals surface area contributed by atoms with Gasteiger partial charge < -0.3 is 14.2 Å². The van der Waals surface area contributed by atoms with Crippen molar-refractivity contribution >= 4 is 5.97 Å². The van der Waals surface area contributed by atoms with Gasteiger partial charge in [0.05, 0.1) is 18.3 Å². The molecule has 3 rings (SSSR count). The minimum Gasteiger partial charge on any atom is -0.494 e. The maximum atomic E-state index is 12.5. The van der Waals surface area contributed by atoms with Crippen molar-refractivity contribution in [2.75, 3.05) is 13.7 Å². The summed E-state index contributed by atoms with van der Waals surface area (Å²) in [5.74, 6) is 1.05. The van der Waals surface area contributed by atoms with Crippen LogP contribution < -0.4 is 9.47 Å². The lowest BCUT2D eigenvalue weighted by molar-refractivity contribution is 0.0734. The SMILES string of the molecule is CCCCCCCCCCCCOc1ccc(-c2ccc(OC(=O)c3ccc(C(C)OC)cc3)cc2)cc1. The highest BCUT2D eigenvalue weighted by atomic mass is 16.5. The summed E-state index contributed by atoms with van der Waals surface area (Å²) in [6.07, 6.45) is 13.2. The fraction of sp³-hybridized carbons (Fsp3) is 0.441. The van der Waals surface area contributed by atoms with Crippen molar-refractivity contribution in [3.8, 4) is 22.6 Å². The smallest absolute Gasteiger partial charge is 0.343 e. The Labute approximate surface area is 229 Å². The third-order valence-electron chi connectivity index (χ3n) is 6.99. The molecule has 0 aliphatic heterocycles. The molecule has 4 heteroatoms. The topological polar surface area (TPSA) is 44.8 Å². The van der Waals surface area contributed by atoms with Crippen molar-refractivity contribution in [2.45, 2.75) is 84.2 Å². The first-order valence-electron chi connectivity index (χ1n) is 14.3. The van der Waals surface area contributed by atoms with Crippen molar-refractivity contribution in [1.29, 1.82) is 0 Å². The number of unbranched alkanes of at least 4 members (excludes halogenated alkanes) is 9. The monoisotopic (exact) mass is 516 g/mol. The lowest BCUT2D eigenvalue weighted by atomic mass is 10.1. The molecule has 0 saturated carbocycles. The van der Waals surface area contributed by atoms with Crippen molar-refractivity contribution in [1.82, 2.24) is 0 Å². The maximum absolute atomic E-state index is 12.5. The number of carbonyl (C=O) groups is 1. The summed E-state index contributed by atoms with van der Waals surface area (Å²) in [6, 6.07) is 23.1. The lowest BCUT2D eigenvalue weighted by Crippen LogP contribution is -2.08. The molecule has 1 unspecified atom stereocenters. The molecule has 0 aromatic heterocycles. The largest absolute Gasteiger partial charge is 0.494 e. The highest BCUT2D eigenvalue weighted by Gasteiger charge is 2.11. The predicted octanol–water partition coefficient (Wildman–Crippen LogP) is 9.58. The number of hydrogen-bond donors (Lipinski definition) is 0. The van der Waals surface area contributed by atoms with Gasteiger partial charge in [-0.1, -0.05) is 101 Å². The van der Waals surface area contributed by atoms with E-state index in [4.69, 9.17) is 14.2 Å². The van der Waals surface area contributed by atoms with Gasteiger partial charge in [-0.25, -0.2) is 4.79 Å². The lowest BCUT2D eigenvalue weighted by Gasteiger charge is -2.10. The van der Waals surface area contributed by atoms with E-state index in [1.165, 1.54) is 57.8 Å². The summed E-state index contributed by atoms with van der Waals surface area (Å²) in [6.45, 7) is 5.00. The summed E-state index contributed by atoms with van der Waals surface area (Å²) in [4.78, 5) is 12.5. The summed E-state index contributed by atoms with van der Waals surface area (Å²) in [5, 5.41) is 0. The van der Waals surface area contributed by atoms with Crippen molar-refractivity contribution in [2.24, 2.45) is 0 Å². The minimum atomic E-state index is -0.377. The Balaban J connectivity index is 1.37. The quantitative estimate of drug-likeness (QED) is 0.102. The van der Waals surface area contributed by atoms with E-state index in [0.717, 1.165) is 35.5 Å². The molecule has 0 N–H and O–H groups in total. The van der Waals surface area contributed by atoms with Crippen LogP contribution in [0.15, 0.2) is 72.8 Å². The fourth-order valence-electron chi connectivity index (χ4n) is 4.43. The number of ether oxygens (including phenoxy) is 3. The molecular weight excluding hydrogens is 472 g/mol. The first kappa shape index (κ1) is 29.4. The van der Waals surface area contributed by atoms with E-state index < -0.39 is 0 Å². The fourth-order valence-corrected chi connectivity index (χ4v) is 4.43. The average molecular weight is 517 g/mol. The van der Waals surface area contributed by atoms with Gasteiger partial charge in [-0.3, -0.25) is 0 Å². The molecule has 1 atom stereocenters. The van der Waals surface area contributed by atoms with Crippen molar-refractivity contribution in [3.05, 3.63) is 83.9 Å². The zero-order chi connectivity index (χ0) is 27.0. The molecule has 0 bridgehead atoms. The Kier molecular flexibility index (Phi) is 12.9. The Hall–Kier alpha value is -3.11. The molecule has 4 nitrogen and oxygen atoms in total. The third-order valence-corrected chi connectivity index (χ3v) is 6.99. The van der Waals surface area contributed by atoms with Crippen LogP contribution in [0.25, 0.3) is 11.1 Å². The Morgan fingerprint density at radius 3 is 1.68 bits per heavy atom. The number of methoxy groups -OCH3 is 1. The molecule has 3 aromatic rings. The van der Waals surface area contributed by atoms with E-state index in [9.17, 15) is 4.79 Å². The van der Waals surface area contributed by atoms with Gasteiger partial charge in [0.1, 0.15) is 11.5 Å². The summed E-state index contributed by atoms with van der Waals surface area (Å²) in [7, 11) is 1.67. The van der Waals surface area contributed by atoms with Crippen LogP contribution in [-0.4, -0.2) is 19.7 Å². The van der Waals surface area contributed by atoms with Crippen LogP contribution in [0.5, 0.6) is 11.5 Å². The molecule has 0 aliphatic carbocycles. The first-order chi connectivity index (χ1) is 18.6. The highest BCUT2D eigenvalue weighted by molar-refractivity contribution is 5.91. The van der Waals surface area contributed by atoms with Crippen LogP contribution in [0.3, 0.4) is 0 Å². The van der Waals surface area contributed by atoms with Crippen molar-refractivity contribution < 1.29 is 19.0 Å². The normalized spacial score (nSPS) is 11.8. The number of rotatable bonds is 17. The second kappa shape index (κ2) is 16.7. The number of esters is 1. The van der Waals surface area contributed by atoms with Gasteiger partial charge in [0.2, 0.25) is 0 Å². The molecule has 0 radical (unpaired) electrons. The molecule has 0 aliphatic rings. The van der Waals surface area contributed by atoms with Gasteiger partial charge in [0.25, 0.3) is 0 Å². The third kappa shape index (κ3) is 9.98. The summed E-state index contributed by atoms with van der Waals surface area (Å²) < 4.78 is 16.8. The van der Waals surface area contributed by atoms with Crippen LogP contribution >= 0.6 is 0 Å². The van der Waals surface area contributed by atoms with E-state index in [1.54, 1.807) is 19.2 Å². The van der Waals surface area contributed by atoms with Gasteiger partial charge in [0.15, 0.2) is 0 Å². The second-order valence-electron chi connectivity index (χ2n) is 9.97. The zero-order valence-corrected chi connectivity index (χ0v) is 23.4. The van der Waals surface area contributed by atoms with Gasteiger partial charge in [0, 0.05) is 7.11 Å². The molecule has 204 valence electrons. The van der Waals surface area contributed by atoms with E-state index >= 15 is 0 Å². The Bertz CT molecular complexity index is 1060. The maximum Gasteiger partial charge on any atom is 0.343 e. The Morgan fingerprint density at radius 1 is 0.658 bits per heavy atom. The first-order valence-corrected chi connectivity index (χ1v) is 14.3. The van der Waals surface area contributed by atoms with Crippen LogP contribution in [0.4, 0.5) is 0 Å². The molecule has 38 heavy (non-hydrogen) atoms. The predicted molar refractivity (Wildman–Crippen MR) is 156 cm³/mol. The number of benzene rings is 3. The molecular formula is C34H44O4. The molecule has 0 heterocycles. The molecule has 0 spiro atoms. The summed E-state index contributed by atoms with van der Waals surface area (Å²) in [5.41, 5.74) is 3.68. The van der Waals surface area contributed by atoms with E-state index in [-0.39, 0.29) is 12.1 Å². The van der Waals surface area contributed by atoms with E-state index in [2.05, 4.69) is 19.1 Å². The number of hydrogen-bond acceptors (Lipinski definition) is 4. The standard InChI is InChI=1S/C34H44O4/c1-4-5-6-7-8-9-10-11-12-13-26-37-32-22-18-29(19-23-32)30-20-24-33(25-21-30)38-34(35)31-16-14-28(15-17-31)27(2)36-3/h14-25,27H,4-13,26H2,1-3H3. The molecule has 3 aromatic carbocycles. The highest BCUT2D eigenvalue weighted by Crippen LogP contribution is 2.25. The van der Waals surface area contributed by atoms with Gasteiger partial charge >= 0.3 is 5.97 Å². The van der Waals surface area contributed by atoms with Gasteiger partial charge in [-0.15, -0.1) is 0 Å². The van der Waals surface area contributed by atoms with Gasteiger partial charge in [-0.05, 0) is 66.4 Å². The van der Waals surface area contributed by atoms with Crippen LogP contribution in [0, 0.1) is 0 Å². The van der Waals surface area contributed by atoms with Crippen LogP contribution in [0.1, 0.15) is 100 Å². The minimum absolute atomic E-state index is 0.0159. The van der Waals surface area contributed by atoms with E-state index in [1.807, 2.05) is 55.5 Å². The Morgan fingerprint density at radius 2 is 1.16 bits per heavy atom. The number of carbonyl (C=O) groups excluding carboxylic acids is 1. The van der Waals surface area contributed by atoms with Crippen molar-refractivity contribution in [3.63, 3.8) is 0 Å². The molecule has 0 amide bonds. The van der Waals surface area contributed by atoms with E-state index in [0.29, 0.717) is 11.3 Å².